The molecule has 4 nitrogen and oxygen atoms in total. The molecule has 1 aliphatic rings. The predicted octanol–water partition coefficient (Wildman–Crippen LogP) is 2.54. The minimum Gasteiger partial charge on any atom is -0.324 e. The van der Waals surface area contributed by atoms with E-state index in [0.717, 1.165) is 38.2 Å². The number of carbonyl (C=O) groups is 1. The maximum Gasteiger partial charge on any atom is 0.238 e. The lowest BCUT2D eigenvalue weighted by Crippen LogP contribution is -2.35. The van der Waals surface area contributed by atoms with Crippen molar-refractivity contribution in [3.63, 3.8) is 0 Å². The Morgan fingerprint density at radius 3 is 2.90 bits per heavy atom. The molecule has 2 N–H and O–H groups in total. The number of hydrogen-bond acceptors (Lipinski definition) is 3. The number of rotatable bonds is 3. The molecule has 0 unspecified atom stereocenters. The lowest BCUT2D eigenvalue weighted by atomic mass is 10.2. The Labute approximate surface area is 129 Å². The first kappa shape index (κ1) is 15.6. The summed E-state index contributed by atoms with van der Waals surface area (Å²) in [5.41, 5.74) is 1.47. The number of benzene rings is 1. The fourth-order valence-corrected chi connectivity index (χ4v) is 2.62. The first-order valence-electron chi connectivity index (χ1n) is 6.75. The number of anilines is 1. The van der Waals surface area contributed by atoms with Crippen molar-refractivity contribution >= 4 is 34.8 Å². The van der Waals surface area contributed by atoms with E-state index < -0.39 is 0 Å². The molecule has 1 aromatic carbocycles. The molecule has 1 amide bonds. The lowest BCUT2D eigenvalue weighted by Gasteiger charge is -2.19. The average Bonchev–Trinajstić information content (AvgIpc) is 2.64. The topological polar surface area (TPSA) is 44.4 Å². The SMILES string of the molecule is Cc1cc(Cl)c(NC(=O)CN2CCCNCC2)cc1Cl. The third kappa shape index (κ3) is 4.35. The van der Waals surface area contributed by atoms with Crippen LogP contribution in [0.15, 0.2) is 12.1 Å². The Morgan fingerprint density at radius 2 is 2.10 bits per heavy atom. The van der Waals surface area contributed by atoms with E-state index in [1.165, 1.54) is 0 Å². The van der Waals surface area contributed by atoms with E-state index in [9.17, 15) is 4.79 Å². The van der Waals surface area contributed by atoms with Gasteiger partial charge in [-0.3, -0.25) is 9.69 Å². The van der Waals surface area contributed by atoms with Crippen LogP contribution >= 0.6 is 23.2 Å². The van der Waals surface area contributed by atoms with Crippen LogP contribution in [0.2, 0.25) is 10.0 Å². The summed E-state index contributed by atoms with van der Waals surface area (Å²) in [7, 11) is 0. The number of nitrogens with one attached hydrogen (secondary N) is 2. The predicted molar refractivity (Wildman–Crippen MR) is 83.8 cm³/mol. The second kappa shape index (κ2) is 7.27. The van der Waals surface area contributed by atoms with Crippen molar-refractivity contribution in [2.45, 2.75) is 13.3 Å². The van der Waals surface area contributed by atoms with Crippen molar-refractivity contribution in [1.82, 2.24) is 10.2 Å². The van der Waals surface area contributed by atoms with Gasteiger partial charge < -0.3 is 10.6 Å². The minimum atomic E-state index is -0.0614. The standard InChI is InChI=1S/C14H19Cl2N3O/c1-10-7-12(16)13(8-11(10)15)18-14(20)9-19-5-2-3-17-4-6-19/h7-8,17H,2-6,9H2,1H3,(H,18,20). The number of halogens is 2. The highest BCUT2D eigenvalue weighted by Crippen LogP contribution is 2.28. The van der Waals surface area contributed by atoms with Crippen molar-refractivity contribution in [3.05, 3.63) is 27.7 Å². The van der Waals surface area contributed by atoms with Crippen molar-refractivity contribution in [3.8, 4) is 0 Å². The van der Waals surface area contributed by atoms with Gasteiger partial charge in [-0.15, -0.1) is 0 Å². The van der Waals surface area contributed by atoms with E-state index in [4.69, 9.17) is 23.2 Å². The quantitative estimate of drug-likeness (QED) is 0.901. The number of hydrogen-bond donors (Lipinski definition) is 2. The van der Waals surface area contributed by atoms with Crippen molar-refractivity contribution in [2.75, 3.05) is 38.0 Å². The molecule has 20 heavy (non-hydrogen) atoms. The van der Waals surface area contributed by atoms with Gasteiger partial charge in [-0.2, -0.15) is 0 Å². The van der Waals surface area contributed by atoms with Gasteiger partial charge in [0.2, 0.25) is 5.91 Å². The Kier molecular flexibility index (Phi) is 5.66. The highest BCUT2D eigenvalue weighted by atomic mass is 35.5. The molecule has 0 radical (unpaired) electrons. The van der Waals surface area contributed by atoms with Crippen LogP contribution in [0.5, 0.6) is 0 Å². The van der Waals surface area contributed by atoms with Crippen LogP contribution in [0.3, 0.4) is 0 Å². The molecule has 0 spiro atoms. The first-order chi connectivity index (χ1) is 9.56. The molecule has 1 aromatic rings. The Hall–Kier alpha value is -0.810. The number of aryl methyl sites for hydroxylation is 1. The fourth-order valence-electron chi connectivity index (χ4n) is 2.19. The number of amides is 1. The molecule has 0 saturated carbocycles. The van der Waals surface area contributed by atoms with E-state index in [1.54, 1.807) is 12.1 Å². The summed E-state index contributed by atoms with van der Waals surface area (Å²) in [6.07, 6.45) is 1.06. The molecule has 0 bridgehead atoms. The monoisotopic (exact) mass is 315 g/mol. The molecule has 0 aromatic heterocycles. The molecule has 110 valence electrons. The van der Waals surface area contributed by atoms with Crippen LogP contribution in [0, 0.1) is 6.92 Å². The molecule has 0 aliphatic carbocycles. The fraction of sp³-hybridized carbons (Fsp3) is 0.500. The second-order valence-corrected chi connectivity index (χ2v) is 5.82. The zero-order valence-electron chi connectivity index (χ0n) is 11.5. The van der Waals surface area contributed by atoms with E-state index >= 15 is 0 Å². The summed E-state index contributed by atoms with van der Waals surface area (Å²) in [5.74, 6) is -0.0614. The summed E-state index contributed by atoms with van der Waals surface area (Å²) in [4.78, 5) is 14.2. The van der Waals surface area contributed by atoms with Gasteiger partial charge in [0.15, 0.2) is 0 Å². The lowest BCUT2D eigenvalue weighted by molar-refractivity contribution is -0.117. The van der Waals surface area contributed by atoms with Gasteiger partial charge in [-0.25, -0.2) is 0 Å². The molecule has 0 atom stereocenters. The summed E-state index contributed by atoms with van der Waals surface area (Å²) in [6.45, 7) is 6.01. The maximum atomic E-state index is 12.1. The maximum absolute atomic E-state index is 12.1. The van der Waals surface area contributed by atoms with Crippen LogP contribution in [0.25, 0.3) is 0 Å². The van der Waals surface area contributed by atoms with E-state index in [1.807, 2.05) is 6.92 Å². The van der Waals surface area contributed by atoms with Gasteiger partial charge >= 0.3 is 0 Å². The number of carbonyl (C=O) groups excluding carboxylic acids is 1. The van der Waals surface area contributed by atoms with Crippen LogP contribution in [0.1, 0.15) is 12.0 Å². The summed E-state index contributed by atoms with van der Waals surface area (Å²) in [6, 6.07) is 3.45. The van der Waals surface area contributed by atoms with Crippen molar-refractivity contribution < 1.29 is 4.79 Å². The molecular formula is C14H19Cl2N3O. The van der Waals surface area contributed by atoms with Crippen molar-refractivity contribution in [2.24, 2.45) is 0 Å². The molecular weight excluding hydrogens is 297 g/mol. The van der Waals surface area contributed by atoms with Gasteiger partial charge in [0.25, 0.3) is 0 Å². The smallest absolute Gasteiger partial charge is 0.238 e. The van der Waals surface area contributed by atoms with Crippen LogP contribution in [-0.4, -0.2) is 43.5 Å². The normalized spacial score (nSPS) is 16.8. The second-order valence-electron chi connectivity index (χ2n) is 5.01. The summed E-state index contributed by atoms with van der Waals surface area (Å²) < 4.78 is 0. The Balaban J connectivity index is 1.95. The zero-order chi connectivity index (χ0) is 14.5. The third-order valence-electron chi connectivity index (χ3n) is 3.32. The molecule has 1 saturated heterocycles. The Morgan fingerprint density at radius 1 is 1.30 bits per heavy atom. The van der Waals surface area contributed by atoms with Crippen LogP contribution in [0.4, 0.5) is 5.69 Å². The van der Waals surface area contributed by atoms with E-state index in [-0.39, 0.29) is 5.91 Å². The van der Waals surface area contributed by atoms with Gasteiger partial charge in [-0.1, -0.05) is 23.2 Å². The number of nitrogens with zero attached hydrogens (tertiary/aromatic N) is 1. The molecule has 1 aliphatic heterocycles. The first-order valence-corrected chi connectivity index (χ1v) is 7.50. The Bertz CT molecular complexity index is 486. The molecule has 2 rings (SSSR count). The minimum absolute atomic E-state index is 0.0614. The van der Waals surface area contributed by atoms with Gasteiger partial charge in [0.05, 0.1) is 17.3 Å². The van der Waals surface area contributed by atoms with Crippen LogP contribution in [-0.2, 0) is 4.79 Å². The molecule has 1 fully saturated rings. The van der Waals surface area contributed by atoms with Gasteiger partial charge in [0, 0.05) is 18.1 Å². The third-order valence-corrected chi connectivity index (χ3v) is 4.04. The van der Waals surface area contributed by atoms with Gasteiger partial charge in [-0.05, 0) is 44.1 Å². The average molecular weight is 316 g/mol. The van der Waals surface area contributed by atoms with Gasteiger partial charge in [0.1, 0.15) is 0 Å². The highest BCUT2D eigenvalue weighted by Gasteiger charge is 2.14. The van der Waals surface area contributed by atoms with E-state index in [0.29, 0.717) is 22.3 Å². The zero-order valence-corrected chi connectivity index (χ0v) is 13.0. The van der Waals surface area contributed by atoms with Crippen LogP contribution < -0.4 is 10.6 Å². The summed E-state index contributed by atoms with van der Waals surface area (Å²) >= 11 is 12.2. The largest absolute Gasteiger partial charge is 0.324 e. The van der Waals surface area contributed by atoms with E-state index in [2.05, 4.69) is 15.5 Å². The van der Waals surface area contributed by atoms with Crippen molar-refractivity contribution in [1.29, 1.82) is 0 Å². The summed E-state index contributed by atoms with van der Waals surface area (Å²) in [5, 5.41) is 7.25. The molecule has 6 heteroatoms. The molecule has 1 heterocycles. The highest BCUT2D eigenvalue weighted by molar-refractivity contribution is 6.36.